The highest BCUT2D eigenvalue weighted by Gasteiger charge is 2.47. The maximum absolute atomic E-state index is 13.9. The Morgan fingerprint density at radius 1 is 1.12 bits per heavy atom. The molecule has 1 heterocycles. The number of nitrogens with one attached hydrogen (secondary N) is 1. The molecule has 1 unspecified atom stereocenters. The van der Waals surface area contributed by atoms with Gasteiger partial charge in [-0.15, -0.1) is 0 Å². The van der Waals surface area contributed by atoms with Crippen LogP contribution in [0, 0.1) is 0 Å². The third-order valence-electron chi connectivity index (χ3n) is 4.08. The predicted molar refractivity (Wildman–Crippen MR) is 92.6 cm³/mol. The second-order valence-electron chi connectivity index (χ2n) is 7.34. The summed E-state index contributed by atoms with van der Waals surface area (Å²) in [7, 11) is 0. The van der Waals surface area contributed by atoms with Crippen molar-refractivity contribution in [1.29, 1.82) is 0 Å². The van der Waals surface area contributed by atoms with Crippen molar-refractivity contribution in [3.05, 3.63) is 42.0 Å². The van der Waals surface area contributed by atoms with Gasteiger partial charge < -0.3 is 4.74 Å². The molecule has 1 fully saturated rings. The first-order chi connectivity index (χ1) is 12.1. The fourth-order valence-corrected chi connectivity index (χ4v) is 3.19. The van der Waals surface area contributed by atoms with Crippen molar-refractivity contribution in [2.75, 3.05) is 6.54 Å². The standard InChI is InChI=1S/C19H21F3N2O2/c1-18(2,3)26-14-9-5-7-12-6-4-8-13(16(12)14)17(19(20,21)22)24-11-10-15(25)23-24/h4-9,17H,10-11H2,1-3H3,(H,23,25). The lowest BCUT2D eigenvalue weighted by Gasteiger charge is -2.31. The van der Waals surface area contributed by atoms with E-state index in [0.717, 1.165) is 5.01 Å². The van der Waals surface area contributed by atoms with Crippen LogP contribution in [0.1, 0.15) is 38.8 Å². The van der Waals surface area contributed by atoms with Gasteiger partial charge in [0.15, 0.2) is 6.04 Å². The summed E-state index contributed by atoms with van der Waals surface area (Å²) >= 11 is 0. The van der Waals surface area contributed by atoms with Gasteiger partial charge in [0.2, 0.25) is 5.91 Å². The van der Waals surface area contributed by atoms with Crippen molar-refractivity contribution in [3.8, 4) is 5.75 Å². The van der Waals surface area contributed by atoms with Crippen LogP contribution >= 0.6 is 0 Å². The van der Waals surface area contributed by atoms with E-state index in [4.69, 9.17) is 4.74 Å². The van der Waals surface area contributed by atoms with Crippen LogP contribution in [0.4, 0.5) is 13.2 Å². The number of benzene rings is 2. The number of hydrazine groups is 1. The number of alkyl halides is 3. The van der Waals surface area contributed by atoms with Gasteiger partial charge in [-0.2, -0.15) is 13.2 Å². The van der Waals surface area contributed by atoms with E-state index < -0.39 is 23.7 Å². The third kappa shape index (κ3) is 3.77. The number of nitrogens with zero attached hydrogens (tertiary/aromatic N) is 1. The minimum atomic E-state index is -4.55. The van der Waals surface area contributed by atoms with Crippen LogP contribution in [-0.4, -0.2) is 29.2 Å². The largest absolute Gasteiger partial charge is 0.487 e. The molecule has 1 N–H and O–H groups in total. The molecule has 1 saturated heterocycles. The van der Waals surface area contributed by atoms with Gasteiger partial charge in [0.25, 0.3) is 0 Å². The molecule has 26 heavy (non-hydrogen) atoms. The van der Waals surface area contributed by atoms with Crippen LogP contribution in [0.5, 0.6) is 5.75 Å². The highest BCUT2D eigenvalue weighted by atomic mass is 19.4. The quantitative estimate of drug-likeness (QED) is 0.878. The van der Waals surface area contributed by atoms with E-state index in [9.17, 15) is 18.0 Å². The number of halogens is 3. The molecular formula is C19H21F3N2O2. The molecule has 0 radical (unpaired) electrons. The highest BCUT2D eigenvalue weighted by Crippen LogP contribution is 2.43. The molecule has 0 spiro atoms. The zero-order valence-corrected chi connectivity index (χ0v) is 14.9. The molecule has 1 atom stereocenters. The monoisotopic (exact) mass is 366 g/mol. The van der Waals surface area contributed by atoms with Crippen LogP contribution < -0.4 is 10.2 Å². The zero-order chi connectivity index (χ0) is 19.1. The number of amides is 1. The normalized spacial score (nSPS) is 17.4. The maximum Gasteiger partial charge on any atom is 0.409 e. The van der Waals surface area contributed by atoms with Crippen LogP contribution in [0.3, 0.4) is 0 Å². The summed E-state index contributed by atoms with van der Waals surface area (Å²) in [6, 6.07) is 8.03. The summed E-state index contributed by atoms with van der Waals surface area (Å²) < 4.78 is 47.8. The third-order valence-corrected chi connectivity index (χ3v) is 4.08. The van der Waals surface area contributed by atoms with Gasteiger partial charge in [0, 0.05) is 18.4 Å². The summed E-state index contributed by atoms with van der Waals surface area (Å²) in [5.41, 5.74) is 1.83. The van der Waals surface area contributed by atoms with Crippen LogP contribution in [0.25, 0.3) is 10.8 Å². The number of hydrogen-bond donors (Lipinski definition) is 1. The van der Waals surface area contributed by atoms with Crippen molar-refractivity contribution < 1.29 is 22.7 Å². The topological polar surface area (TPSA) is 41.6 Å². The Morgan fingerprint density at radius 3 is 2.31 bits per heavy atom. The molecule has 7 heteroatoms. The minimum absolute atomic E-state index is 0.00168. The van der Waals surface area contributed by atoms with E-state index in [-0.39, 0.29) is 18.5 Å². The second-order valence-corrected chi connectivity index (χ2v) is 7.34. The van der Waals surface area contributed by atoms with Crippen molar-refractivity contribution >= 4 is 16.7 Å². The van der Waals surface area contributed by atoms with Gasteiger partial charge in [0.1, 0.15) is 11.4 Å². The summed E-state index contributed by atoms with van der Waals surface area (Å²) in [5.74, 6) is -0.0176. The Hall–Kier alpha value is -2.28. The van der Waals surface area contributed by atoms with Crippen molar-refractivity contribution in [1.82, 2.24) is 10.4 Å². The number of carbonyl (C=O) groups is 1. The van der Waals surface area contributed by atoms with E-state index in [0.29, 0.717) is 16.5 Å². The van der Waals surface area contributed by atoms with Gasteiger partial charge in [-0.05, 0) is 37.8 Å². The molecule has 3 rings (SSSR count). The molecule has 1 amide bonds. The molecule has 2 aromatic carbocycles. The van der Waals surface area contributed by atoms with E-state index in [1.165, 1.54) is 6.07 Å². The van der Waals surface area contributed by atoms with Gasteiger partial charge in [-0.25, -0.2) is 5.01 Å². The Morgan fingerprint density at radius 2 is 1.77 bits per heavy atom. The first kappa shape index (κ1) is 18.5. The number of rotatable bonds is 3. The fourth-order valence-electron chi connectivity index (χ4n) is 3.19. The summed E-state index contributed by atoms with van der Waals surface area (Å²) in [5, 5.41) is 2.03. The Kier molecular flexibility index (Phi) is 4.60. The molecular weight excluding hydrogens is 345 g/mol. The molecule has 0 bridgehead atoms. The Balaban J connectivity index is 2.20. The Labute approximate surface area is 149 Å². The van der Waals surface area contributed by atoms with Crippen molar-refractivity contribution in [2.24, 2.45) is 0 Å². The smallest absolute Gasteiger partial charge is 0.409 e. The molecule has 0 aliphatic carbocycles. The summed E-state index contributed by atoms with van der Waals surface area (Å²) in [4.78, 5) is 11.5. The van der Waals surface area contributed by atoms with Crippen LogP contribution in [0.15, 0.2) is 36.4 Å². The maximum atomic E-state index is 13.9. The van der Waals surface area contributed by atoms with E-state index in [2.05, 4.69) is 5.43 Å². The highest BCUT2D eigenvalue weighted by molar-refractivity contribution is 5.92. The lowest BCUT2D eigenvalue weighted by Crippen LogP contribution is -2.43. The SMILES string of the molecule is CC(C)(C)Oc1cccc2cccc(C(N3CCC(=O)N3)C(F)(F)F)c12. The van der Waals surface area contributed by atoms with E-state index in [1.807, 2.05) is 20.8 Å². The first-order valence-corrected chi connectivity index (χ1v) is 8.40. The summed E-state index contributed by atoms with van der Waals surface area (Å²) in [6.45, 7) is 5.53. The fraction of sp³-hybridized carbons (Fsp3) is 0.421. The second kappa shape index (κ2) is 6.46. The van der Waals surface area contributed by atoms with Gasteiger partial charge in [0.05, 0.1) is 0 Å². The number of fused-ring (bicyclic) bond motifs is 1. The molecule has 4 nitrogen and oxygen atoms in total. The average Bonchev–Trinajstić information content (AvgIpc) is 2.90. The molecule has 140 valence electrons. The van der Waals surface area contributed by atoms with E-state index in [1.54, 1.807) is 30.3 Å². The van der Waals surface area contributed by atoms with E-state index >= 15 is 0 Å². The van der Waals surface area contributed by atoms with Crippen LogP contribution in [-0.2, 0) is 4.79 Å². The van der Waals surface area contributed by atoms with Crippen molar-refractivity contribution in [2.45, 2.75) is 45.0 Å². The first-order valence-electron chi connectivity index (χ1n) is 8.40. The predicted octanol–water partition coefficient (Wildman–Crippen LogP) is 4.36. The molecule has 0 saturated carbocycles. The lowest BCUT2D eigenvalue weighted by atomic mass is 9.96. The zero-order valence-electron chi connectivity index (χ0n) is 14.9. The number of ether oxygens (including phenoxy) is 1. The lowest BCUT2D eigenvalue weighted by molar-refractivity contribution is -0.190. The van der Waals surface area contributed by atoms with Gasteiger partial charge in [-0.3, -0.25) is 10.2 Å². The van der Waals surface area contributed by atoms with Gasteiger partial charge >= 0.3 is 6.18 Å². The molecule has 1 aliphatic heterocycles. The molecule has 0 aromatic heterocycles. The van der Waals surface area contributed by atoms with Crippen molar-refractivity contribution in [3.63, 3.8) is 0 Å². The number of carbonyl (C=O) groups excluding carboxylic acids is 1. The van der Waals surface area contributed by atoms with Gasteiger partial charge in [-0.1, -0.05) is 30.3 Å². The minimum Gasteiger partial charge on any atom is -0.487 e. The average molecular weight is 366 g/mol. The van der Waals surface area contributed by atoms with Crippen LogP contribution in [0.2, 0.25) is 0 Å². The summed E-state index contributed by atoms with van der Waals surface area (Å²) in [6.07, 6.45) is -4.51. The number of hydrogen-bond acceptors (Lipinski definition) is 3. The molecule has 1 aliphatic rings. The molecule has 2 aromatic rings. The Bertz CT molecular complexity index is 822.